The normalized spacial score (nSPS) is 15.2. The summed E-state index contributed by atoms with van der Waals surface area (Å²) in [7, 11) is 0. The van der Waals surface area contributed by atoms with Crippen molar-refractivity contribution in [3.63, 3.8) is 0 Å². The average molecular weight is 315 g/mol. The number of hydrogen-bond donors (Lipinski definition) is 1. The molecule has 1 N–H and O–H groups in total. The molecular formula is C18H22FN3O. The maximum atomic E-state index is 14.4. The summed E-state index contributed by atoms with van der Waals surface area (Å²) in [6.45, 7) is 5.56. The van der Waals surface area contributed by atoms with E-state index in [-0.39, 0.29) is 11.8 Å². The highest BCUT2D eigenvalue weighted by molar-refractivity contribution is 5.95. The summed E-state index contributed by atoms with van der Waals surface area (Å²) in [6, 6.07) is 6.92. The van der Waals surface area contributed by atoms with Crippen LogP contribution in [0.25, 0.3) is 10.9 Å². The highest BCUT2D eigenvalue weighted by atomic mass is 19.1. The van der Waals surface area contributed by atoms with Crippen molar-refractivity contribution in [3.8, 4) is 0 Å². The molecule has 2 heterocycles. The lowest BCUT2D eigenvalue weighted by atomic mass is 10.1. The molecule has 0 radical (unpaired) electrons. The van der Waals surface area contributed by atoms with Crippen molar-refractivity contribution in [1.82, 2.24) is 4.98 Å². The van der Waals surface area contributed by atoms with Crippen molar-refractivity contribution in [2.45, 2.75) is 33.1 Å². The van der Waals surface area contributed by atoms with E-state index >= 15 is 0 Å². The number of carbonyl (C=O) groups is 1. The van der Waals surface area contributed by atoms with Crippen molar-refractivity contribution in [1.29, 1.82) is 0 Å². The first kappa shape index (κ1) is 15.7. The van der Waals surface area contributed by atoms with Crippen LogP contribution in [0, 0.1) is 11.7 Å². The predicted octanol–water partition coefficient (Wildman–Crippen LogP) is 3.96. The van der Waals surface area contributed by atoms with E-state index in [4.69, 9.17) is 0 Å². The Morgan fingerprint density at radius 1 is 1.22 bits per heavy atom. The number of carbonyl (C=O) groups excluding carboxylic acids is 1. The lowest BCUT2D eigenvalue weighted by Gasteiger charge is -2.27. The molecule has 1 aliphatic rings. The van der Waals surface area contributed by atoms with Crippen LogP contribution in [0.3, 0.4) is 0 Å². The van der Waals surface area contributed by atoms with Crippen LogP contribution in [-0.2, 0) is 4.79 Å². The predicted molar refractivity (Wildman–Crippen MR) is 91.2 cm³/mol. The second kappa shape index (κ2) is 6.52. The monoisotopic (exact) mass is 315 g/mol. The molecule has 0 atom stereocenters. The first-order valence-corrected chi connectivity index (χ1v) is 8.21. The van der Waals surface area contributed by atoms with Gasteiger partial charge in [-0.1, -0.05) is 13.8 Å². The molecule has 122 valence electrons. The molecule has 1 amide bonds. The van der Waals surface area contributed by atoms with E-state index in [1.54, 1.807) is 19.9 Å². The fourth-order valence-electron chi connectivity index (χ4n) is 2.84. The van der Waals surface area contributed by atoms with E-state index in [2.05, 4.69) is 15.2 Å². The summed E-state index contributed by atoms with van der Waals surface area (Å²) in [5.41, 5.74) is 0.830. The number of nitrogens with zero attached hydrogens (tertiary/aromatic N) is 2. The van der Waals surface area contributed by atoms with E-state index in [1.165, 1.54) is 12.5 Å². The van der Waals surface area contributed by atoms with Crippen LogP contribution in [0.1, 0.15) is 33.1 Å². The number of piperidine rings is 1. The van der Waals surface area contributed by atoms with Gasteiger partial charge in [0.05, 0.1) is 0 Å². The number of aromatic nitrogens is 1. The number of amides is 1. The number of fused-ring (bicyclic) bond motifs is 1. The van der Waals surface area contributed by atoms with Crippen LogP contribution in [0.2, 0.25) is 0 Å². The van der Waals surface area contributed by atoms with Crippen LogP contribution in [-0.4, -0.2) is 24.0 Å². The Bertz CT molecular complexity index is 724. The van der Waals surface area contributed by atoms with E-state index < -0.39 is 5.82 Å². The van der Waals surface area contributed by atoms with Gasteiger partial charge < -0.3 is 10.2 Å². The second-order valence-corrected chi connectivity index (χ2v) is 6.39. The minimum Gasteiger partial charge on any atom is -0.357 e. The lowest BCUT2D eigenvalue weighted by Crippen LogP contribution is -2.30. The van der Waals surface area contributed by atoms with Gasteiger partial charge in [-0.15, -0.1) is 0 Å². The zero-order valence-corrected chi connectivity index (χ0v) is 13.6. The SMILES string of the molecule is CC(C)C(=O)Nc1cc(F)c2nc(N3CCCCC3)ccc2c1. The summed E-state index contributed by atoms with van der Waals surface area (Å²) in [5.74, 6) is 0.158. The Morgan fingerprint density at radius 3 is 2.65 bits per heavy atom. The van der Waals surface area contributed by atoms with E-state index in [9.17, 15) is 9.18 Å². The van der Waals surface area contributed by atoms with Gasteiger partial charge in [0.2, 0.25) is 5.91 Å². The Hall–Kier alpha value is -2.17. The number of nitrogens with one attached hydrogen (secondary N) is 1. The van der Waals surface area contributed by atoms with E-state index in [0.717, 1.165) is 31.7 Å². The fourth-order valence-corrected chi connectivity index (χ4v) is 2.84. The highest BCUT2D eigenvalue weighted by Gasteiger charge is 2.15. The molecule has 1 aliphatic heterocycles. The van der Waals surface area contributed by atoms with Crippen molar-refractivity contribution >= 4 is 28.3 Å². The Kier molecular flexibility index (Phi) is 4.46. The zero-order valence-electron chi connectivity index (χ0n) is 13.6. The molecule has 1 aromatic carbocycles. The van der Waals surface area contributed by atoms with Crippen molar-refractivity contribution in [3.05, 3.63) is 30.1 Å². The second-order valence-electron chi connectivity index (χ2n) is 6.39. The smallest absolute Gasteiger partial charge is 0.226 e. The van der Waals surface area contributed by atoms with Crippen LogP contribution < -0.4 is 10.2 Å². The molecule has 1 aromatic heterocycles. The minimum absolute atomic E-state index is 0.123. The minimum atomic E-state index is -0.402. The van der Waals surface area contributed by atoms with Gasteiger partial charge in [-0.25, -0.2) is 9.37 Å². The summed E-state index contributed by atoms with van der Waals surface area (Å²) >= 11 is 0. The number of benzene rings is 1. The van der Waals surface area contributed by atoms with Gasteiger partial charge in [0.15, 0.2) is 5.82 Å². The molecule has 0 saturated carbocycles. The van der Waals surface area contributed by atoms with Crippen LogP contribution in [0.4, 0.5) is 15.9 Å². The Balaban J connectivity index is 1.91. The molecule has 5 heteroatoms. The maximum Gasteiger partial charge on any atom is 0.226 e. The summed E-state index contributed by atoms with van der Waals surface area (Å²) in [4.78, 5) is 18.5. The third-order valence-electron chi connectivity index (χ3n) is 4.20. The first-order chi connectivity index (χ1) is 11.0. The third kappa shape index (κ3) is 3.44. The van der Waals surface area contributed by atoms with Gasteiger partial charge in [0, 0.05) is 30.1 Å². The average Bonchev–Trinajstić information content (AvgIpc) is 2.55. The molecule has 1 fully saturated rings. The fraction of sp³-hybridized carbons (Fsp3) is 0.444. The topological polar surface area (TPSA) is 45.2 Å². The van der Waals surface area contributed by atoms with E-state index in [0.29, 0.717) is 16.6 Å². The van der Waals surface area contributed by atoms with Crippen LogP contribution >= 0.6 is 0 Å². The first-order valence-electron chi connectivity index (χ1n) is 8.21. The molecule has 23 heavy (non-hydrogen) atoms. The van der Waals surface area contributed by atoms with Gasteiger partial charge in [-0.05, 0) is 43.5 Å². The number of anilines is 2. The van der Waals surface area contributed by atoms with Gasteiger partial charge in [0.1, 0.15) is 11.3 Å². The number of rotatable bonds is 3. The van der Waals surface area contributed by atoms with Crippen molar-refractivity contribution in [2.24, 2.45) is 5.92 Å². The lowest BCUT2D eigenvalue weighted by molar-refractivity contribution is -0.118. The molecule has 0 spiro atoms. The maximum absolute atomic E-state index is 14.4. The van der Waals surface area contributed by atoms with Crippen LogP contribution in [0.15, 0.2) is 24.3 Å². The van der Waals surface area contributed by atoms with Crippen molar-refractivity contribution < 1.29 is 9.18 Å². The van der Waals surface area contributed by atoms with Gasteiger partial charge in [0.25, 0.3) is 0 Å². The standard InChI is InChI=1S/C18H22FN3O/c1-12(2)18(23)20-14-10-13-6-7-16(21-17(13)15(19)11-14)22-8-4-3-5-9-22/h6-7,10-12H,3-5,8-9H2,1-2H3,(H,20,23). The molecule has 3 rings (SSSR count). The molecule has 0 aliphatic carbocycles. The quantitative estimate of drug-likeness (QED) is 0.932. The van der Waals surface area contributed by atoms with Gasteiger partial charge in [-0.3, -0.25) is 4.79 Å². The summed E-state index contributed by atoms with van der Waals surface area (Å²) in [6.07, 6.45) is 3.56. The van der Waals surface area contributed by atoms with Crippen molar-refractivity contribution in [2.75, 3.05) is 23.3 Å². The van der Waals surface area contributed by atoms with E-state index in [1.807, 2.05) is 12.1 Å². The third-order valence-corrected chi connectivity index (χ3v) is 4.20. The Labute approximate surface area is 135 Å². The summed E-state index contributed by atoms with van der Waals surface area (Å²) < 4.78 is 14.4. The van der Waals surface area contributed by atoms with Gasteiger partial charge in [-0.2, -0.15) is 0 Å². The van der Waals surface area contributed by atoms with Gasteiger partial charge >= 0.3 is 0 Å². The number of halogens is 1. The molecule has 0 unspecified atom stereocenters. The van der Waals surface area contributed by atoms with Crippen LogP contribution in [0.5, 0.6) is 0 Å². The summed E-state index contributed by atoms with van der Waals surface area (Å²) in [5, 5.41) is 3.43. The molecule has 4 nitrogen and oxygen atoms in total. The molecule has 1 saturated heterocycles. The zero-order chi connectivity index (χ0) is 16.4. The highest BCUT2D eigenvalue weighted by Crippen LogP contribution is 2.26. The Morgan fingerprint density at radius 2 is 1.96 bits per heavy atom. The number of hydrogen-bond acceptors (Lipinski definition) is 3. The largest absolute Gasteiger partial charge is 0.357 e. The molecule has 0 bridgehead atoms. The number of pyridine rings is 1. The molecule has 2 aromatic rings. The molecular weight excluding hydrogens is 293 g/mol.